The van der Waals surface area contributed by atoms with Crippen molar-refractivity contribution in [2.24, 2.45) is 0 Å². The number of rotatable bonds is 4. The number of dihydropyridines is 1. The molecule has 0 saturated heterocycles. The van der Waals surface area contributed by atoms with Gasteiger partial charge in [0.1, 0.15) is 11.2 Å². The van der Waals surface area contributed by atoms with Crippen molar-refractivity contribution in [3.05, 3.63) is 169 Å². The molecule has 3 heteroatoms. The molecule has 3 heterocycles. The van der Waals surface area contributed by atoms with Crippen LogP contribution >= 0.6 is 0 Å². The molecule has 1 atom stereocenters. The number of nitrogens with one attached hydrogen (secondary N) is 1. The molecule has 44 heavy (non-hydrogen) atoms. The summed E-state index contributed by atoms with van der Waals surface area (Å²) in [4.78, 5) is 0. The molecule has 0 amide bonds. The number of nitrogens with zero attached hydrogens (tertiary/aromatic N) is 1. The van der Waals surface area contributed by atoms with E-state index in [9.17, 15) is 0 Å². The van der Waals surface area contributed by atoms with E-state index >= 15 is 0 Å². The molecule has 1 unspecified atom stereocenters. The third kappa shape index (κ3) is 3.98. The van der Waals surface area contributed by atoms with Crippen molar-refractivity contribution in [3.8, 4) is 16.8 Å². The molecule has 8 aromatic rings. The first-order chi connectivity index (χ1) is 21.8. The Labute approximate surface area is 255 Å². The summed E-state index contributed by atoms with van der Waals surface area (Å²) in [6, 6.07) is 49.9. The van der Waals surface area contributed by atoms with Crippen molar-refractivity contribution < 1.29 is 4.42 Å². The molecule has 0 spiro atoms. The van der Waals surface area contributed by atoms with Gasteiger partial charge in [0.25, 0.3) is 0 Å². The van der Waals surface area contributed by atoms with Crippen LogP contribution in [-0.2, 0) is 0 Å². The molecule has 0 fully saturated rings. The average molecular weight is 565 g/mol. The van der Waals surface area contributed by atoms with Crippen LogP contribution in [0.5, 0.6) is 0 Å². The molecule has 0 bridgehead atoms. The smallest absolute Gasteiger partial charge is 0.135 e. The molecule has 2 aromatic heterocycles. The fourth-order valence-electron chi connectivity index (χ4n) is 6.71. The molecule has 0 aliphatic carbocycles. The van der Waals surface area contributed by atoms with Crippen LogP contribution in [-0.4, -0.2) is 4.57 Å². The molecule has 3 nitrogen and oxygen atoms in total. The van der Waals surface area contributed by atoms with Gasteiger partial charge in [-0.3, -0.25) is 0 Å². The Hall–Kier alpha value is -5.80. The highest BCUT2D eigenvalue weighted by molar-refractivity contribution is 6.11. The molecular formula is C41H28N2O. The van der Waals surface area contributed by atoms with Crippen molar-refractivity contribution in [2.75, 3.05) is 0 Å². The number of furan rings is 1. The second-order valence-electron chi connectivity index (χ2n) is 11.5. The molecule has 1 aliphatic rings. The van der Waals surface area contributed by atoms with Gasteiger partial charge in [-0.2, -0.15) is 0 Å². The fraction of sp³-hybridized carbons (Fsp3) is 0.0244. The van der Waals surface area contributed by atoms with Crippen LogP contribution in [0.4, 0.5) is 0 Å². The van der Waals surface area contributed by atoms with Crippen molar-refractivity contribution >= 4 is 49.3 Å². The van der Waals surface area contributed by atoms with Crippen molar-refractivity contribution in [1.29, 1.82) is 0 Å². The average Bonchev–Trinajstić information content (AvgIpc) is 3.64. The van der Waals surface area contributed by atoms with Gasteiger partial charge in [-0.05, 0) is 94.7 Å². The zero-order valence-corrected chi connectivity index (χ0v) is 23.9. The Morgan fingerprint density at radius 1 is 0.523 bits per heavy atom. The Balaban J connectivity index is 1.12. The summed E-state index contributed by atoms with van der Waals surface area (Å²) in [6.07, 6.45) is 6.50. The highest BCUT2D eigenvalue weighted by Crippen LogP contribution is 2.37. The Morgan fingerprint density at radius 2 is 1.20 bits per heavy atom. The summed E-state index contributed by atoms with van der Waals surface area (Å²) >= 11 is 0. The largest absolute Gasteiger partial charge is 0.456 e. The van der Waals surface area contributed by atoms with Gasteiger partial charge in [-0.25, -0.2) is 0 Å². The van der Waals surface area contributed by atoms with Gasteiger partial charge in [0, 0.05) is 27.2 Å². The normalized spacial score (nSPS) is 14.8. The minimum atomic E-state index is 0.120. The van der Waals surface area contributed by atoms with Crippen LogP contribution in [0.2, 0.25) is 0 Å². The maximum atomic E-state index is 6.08. The van der Waals surface area contributed by atoms with Gasteiger partial charge in [0.2, 0.25) is 0 Å². The standard InChI is InChI=1S/C41H28N2O/c1-2-8-27(9-3-1)31-22-23-42-37(26-31)28-14-18-32(19-15-28)43-38-12-6-4-10-33(38)35-24-29(16-20-39(35)43)30-17-21-41-36(25-30)34-11-5-7-13-40(34)44-41/h1-26,37,42H. The maximum Gasteiger partial charge on any atom is 0.135 e. The van der Waals surface area contributed by atoms with E-state index in [0.717, 1.165) is 27.6 Å². The number of aromatic nitrogens is 1. The van der Waals surface area contributed by atoms with Gasteiger partial charge < -0.3 is 14.3 Å². The van der Waals surface area contributed by atoms with E-state index in [0.29, 0.717) is 0 Å². The molecule has 1 aliphatic heterocycles. The highest BCUT2D eigenvalue weighted by Gasteiger charge is 2.16. The van der Waals surface area contributed by atoms with Crippen LogP contribution < -0.4 is 5.32 Å². The first-order valence-electron chi connectivity index (χ1n) is 15.1. The first-order valence-corrected chi connectivity index (χ1v) is 15.1. The molecule has 208 valence electrons. The molecule has 1 N–H and O–H groups in total. The van der Waals surface area contributed by atoms with E-state index in [1.54, 1.807) is 0 Å². The van der Waals surface area contributed by atoms with Crippen LogP contribution in [0.15, 0.2) is 162 Å². The molecular weight excluding hydrogens is 536 g/mol. The lowest BCUT2D eigenvalue weighted by molar-refractivity contribution is 0.669. The Bertz CT molecular complexity index is 2410. The van der Waals surface area contributed by atoms with Crippen molar-refractivity contribution in [2.45, 2.75) is 6.04 Å². The van der Waals surface area contributed by atoms with Crippen LogP contribution in [0.1, 0.15) is 17.2 Å². The lowest BCUT2D eigenvalue weighted by atomic mass is 9.97. The summed E-state index contributed by atoms with van der Waals surface area (Å²) in [5.74, 6) is 0. The summed E-state index contributed by atoms with van der Waals surface area (Å²) in [7, 11) is 0. The number of allylic oxidation sites excluding steroid dienone is 2. The van der Waals surface area contributed by atoms with Gasteiger partial charge in [-0.15, -0.1) is 0 Å². The third-order valence-electron chi connectivity index (χ3n) is 8.89. The molecule has 0 saturated carbocycles. The fourth-order valence-corrected chi connectivity index (χ4v) is 6.71. The second kappa shape index (κ2) is 9.89. The van der Waals surface area contributed by atoms with E-state index < -0.39 is 0 Å². The molecule has 0 radical (unpaired) electrons. The predicted molar refractivity (Wildman–Crippen MR) is 183 cm³/mol. The topological polar surface area (TPSA) is 30.1 Å². The van der Waals surface area contributed by atoms with Gasteiger partial charge in [0.05, 0.1) is 17.1 Å². The lowest BCUT2D eigenvalue weighted by Gasteiger charge is -2.20. The molecule has 9 rings (SSSR count). The first kappa shape index (κ1) is 24.8. The van der Waals surface area contributed by atoms with Crippen LogP contribution in [0, 0.1) is 0 Å². The quantitative estimate of drug-likeness (QED) is 0.230. The maximum absolute atomic E-state index is 6.08. The number of fused-ring (bicyclic) bond motifs is 6. The van der Waals surface area contributed by atoms with Gasteiger partial charge >= 0.3 is 0 Å². The number of para-hydroxylation sites is 2. The van der Waals surface area contributed by atoms with Crippen molar-refractivity contribution in [1.82, 2.24) is 9.88 Å². The third-order valence-corrected chi connectivity index (χ3v) is 8.89. The Kier molecular flexibility index (Phi) is 5.57. The van der Waals surface area contributed by atoms with Crippen LogP contribution in [0.25, 0.3) is 66.1 Å². The van der Waals surface area contributed by atoms with E-state index in [2.05, 4.69) is 156 Å². The van der Waals surface area contributed by atoms with E-state index in [-0.39, 0.29) is 6.04 Å². The highest BCUT2D eigenvalue weighted by atomic mass is 16.3. The van der Waals surface area contributed by atoms with Crippen molar-refractivity contribution in [3.63, 3.8) is 0 Å². The summed E-state index contributed by atoms with van der Waals surface area (Å²) in [5.41, 5.74) is 11.5. The lowest BCUT2D eigenvalue weighted by Crippen LogP contribution is -2.16. The van der Waals surface area contributed by atoms with E-state index in [4.69, 9.17) is 4.42 Å². The Morgan fingerprint density at radius 3 is 2.07 bits per heavy atom. The number of hydrogen-bond donors (Lipinski definition) is 1. The van der Waals surface area contributed by atoms with Gasteiger partial charge in [0.15, 0.2) is 0 Å². The van der Waals surface area contributed by atoms with E-state index in [1.165, 1.54) is 49.6 Å². The SMILES string of the molecule is C1=CC(c2ccccc2)=CC(c2ccc(-n3c4ccccc4c4cc(-c5ccc6oc7ccccc7c6c5)ccc43)cc2)N1. The predicted octanol–water partition coefficient (Wildman–Crippen LogP) is 10.6. The minimum absolute atomic E-state index is 0.120. The zero-order valence-electron chi connectivity index (χ0n) is 23.9. The monoisotopic (exact) mass is 564 g/mol. The van der Waals surface area contributed by atoms with Gasteiger partial charge in [-0.1, -0.05) is 91.0 Å². The zero-order chi connectivity index (χ0) is 29.0. The number of benzene rings is 6. The van der Waals surface area contributed by atoms with Crippen LogP contribution in [0.3, 0.4) is 0 Å². The molecule has 6 aromatic carbocycles. The van der Waals surface area contributed by atoms with E-state index in [1.807, 2.05) is 12.1 Å². The summed E-state index contributed by atoms with van der Waals surface area (Å²) in [6.45, 7) is 0. The summed E-state index contributed by atoms with van der Waals surface area (Å²) in [5, 5.41) is 8.31. The minimum Gasteiger partial charge on any atom is -0.456 e. The summed E-state index contributed by atoms with van der Waals surface area (Å²) < 4.78 is 8.46. The number of hydrogen-bond acceptors (Lipinski definition) is 2. The second-order valence-corrected chi connectivity index (χ2v) is 11.5.